The van der Waals surface area contributed by atoms with Crippen molar-refractivity contribution < 1.29 is 4.79 Å². The minimum absolute atomic E-state index is 0.0144. The number of hydrogen-bond acceptors (Lipinski definition) is 2. The van der Waals surface area contributed by atoms with Crippen LogP contribution in [0, 0.1) is 0 Å². The van der Waals surface area contributed by atoms with Crippen molar-refractivity contribution in [2.24, 2.45) is 0 Å². The number of rotatable bonds is 4. The van der Waals surface area contributed by atoms with Gasteiger partial charge < -0.3 is 4.90 Å². The van der Waals surface area contributed by atoms with Gasteiger partial charge in [-0.25, -0.2) is 0 Å². The first-order valence-corrected chi connectivity index (χ1v) is 7.37. The molecule has 3 nitrogen and oxygen atoms in total. The lowest BCUT2D eigenvalue weighted by Gasteiger charge is -2.19. The zero-order valence-corrected chi connectivity index (χ0v) is 12.2. The number of carbonyl (C=O) groups excluding carboxylic acids is 1. The van der Waals surface area contributed by atoms with Crippen LogP contribution in [-0.2, 0) is 11.2 Å². The van der Waals surface area contributed by atoms with Gasteiger partial charge in [-0.2, -0.15) is 0 Å². The highest BCUT2D eigenvalue weighted by Crippen LogP contribution is 2.25. The van der Waals surface area contributed by atoms with Crippen molar-refractivity contribution >= 4 is 5.91 Å². The molecule has 2 unspecified atom stereocenters. The maximum Gasteiger partial charge on any atom is 0.241 e. The summed E-state index contributed by atoms with van der Waals surface area (Å²) >= 11 is 0. The van der Waals surface area contributed by atoms with E-state index < -0.39 is 0 Å². The summed E-state index contributed by atoms with van der Waals surface area (Å²) in [4.78, 5) is 14.2. The first-order chi connectivity index (χ1) is 10.3. The molecule has 21 heavy (non-hydrogen) atoms. The molecule has 0 saturated carbocycles. The number of amides is 1. The van der Waals surface area contributed by atoms with Gasteiger partial charge in [-0.3, -0.25) is 10.1 Å². The van der Waals surface area contributed by atoms with E-state index in [0.717, 1.165) is 18.4 Å². The Kier molecular flexibility index (Phi) is 4.02. The lowest BCUT2D eigenvalue weighted by Crippen LogP contribution is -2.29. The van der Waals surface area contributed by atoms with Crippen LogP contribution in [0.3, 0.4) is 0 Å². The van der Waals surface area contributed by atoms with E-state index in [2.05, 4.69) is 29.6 Å². The fourth-order valence-electron chi connectivity index (χ4n) is 2.86. The van der Waals surface area contributed by atoms with Crippen LogP contribution in [0.15, 0.2) is 60.7 Å². The molecule has 0 radical (unpaired) electrons. The van der Waals surface area contributed by atoms with Gasteiger partial charge in [-0.15, -0.1) is 0 Å². The fraction of sp³-hybridized carbons (Fsp3) is 0.278. The Labute approximate surface area is 125 Å². The molecule has 2 aromatic carbocycles. The largest absolute Gasteiger partial charge is 0.325 e. The maximum absolute atomic E-state index is 12.4. The minimum atomic E-state index is -0.0968. The molecule has 0 bridgehead atoms. The Morgan fingerprint density at radius 2 is 1.62 bits per heavy atom. The second kappa shape index (κ2) is 6.10. The third-order valence-electron chi connectivity index (χ3n) is 4.07. The summed E-state index contributed by atoms with van der Waals surface area (Å²) < 4.78 is 0. The number of hydrogen-bond donors (Lipinski definition) is 1. The summed E-state index contributed by atoms with van der Waals surface area (Å²) in [6.07, 6.45) is 1.73. The quantitative estimate of drug-likeness (QED) is 0.934. The number of benzene rings is 2. The molecule has 0 aromatic heterocycles. The zero-order valence-electron chi connectivity index (χ0n) is 12.2. The minimum Gasteiger partial charge on any atom is -0.325 e. The van der Waals surface area contributed by atoms with Crippen molar-refractivity contribution in [2.75, 3.05) is 7.05 Å². The second-order valence-electron chi connectivity index (χ2n) is 5.51. The van der Waals surface area contributed by atoms with Crippen LogP contribution in [0.25, 0.3) is 0 Å². The summed E-state index contributed by atoms with van der Waals surface area (Å²) in [6, 6.07) is 20.3. The highest BCUT2D eigenvalue weighted by Gasteiger charge is 2.36. The molecule has 0 spiro atoms. The Hall–Kier alpha value is -2.13. The molecule has 1 aliphatic heterocycles. The van der Waals surface area contributed by atoms with Gasteiger partial charge in [0.1, 0.15) is 6.17 Å². The number of carbonyl (C=O) groups is 1. The van der Waals surface area contributed by atoms with Gasteiger partial charge >= 0.3 is 0 Å². The Morgan fingerprint density at radius 3 is 2.29 bits per heavy atom. The Balaban J connectivity index is 1.67. The van der Waals surface area contributed by atoms with Crippen LogP contribution in [0.2, 0.25) is 0 Å². The van der Waals surface area contributed by atoms with Crippen LogP contribution in [0.1, 0.15) is 23.7 Å². The zero-order chi connectivity index (χ0) is 14.7. The number of nitrogens with zero attached hydrogens (tertiary/aromatic N) is 1. The van der Waals surface area contributed by atoms with Crippen molar-refractivity contribution in [1.29, 1.82) is 0 Å². The Morgan fingerprint density at radius 1 is 1.00 bits per heavy atom. The van der Waals surface area contributed by atoms with E-state index in [-0.39, 0.29) is 18.1 Å². The highest BCUT2D eigenvalue weighted by molar-refractivity contribution is 5.84. The van der Waals surface area contributed by atoms with Crippen LogP contribution in [-0.4, -0.2) is 23.9 Å². The van der Waals surface area contributed by atoms with Crippen LogP contribution in [0.5, 0.6) is 0 Å². The smallest absolute Gasteiger partial charge is 0.241 e. The average molecular weight is 280 g/mol. The predicted octanol–water partition coefficient (Wildman–Crippen LogP) is 2.75. The Bertz CT molecular complexity index is 597. The average Bonchev–Trinajstić information content (AvgIpc) is 2.83. The summed E-state index contributed by atoms with van der Waals surface area (Å²) in [6.45, 7) is 0. The van der Waals surface area contributed by atoms with Gasteiger partial charge in [0.2, 0.25) is 5.91 Å². The van der Waals surface area contributed by atoms with Gasteiger partial charge in [-0.05, 0) is 24.0 Å². The highest BCUT2D eigenvalue weighted by atomic mass is 16.2. The molecule has 3 rings (SSSR count). The number of aryl methyl sites for hydroxylation is 1. The molecule has 1 aliphatic rings. The van der Waals surface area contributed by atoms with Crippen molar-refractivity contribution in [3.63, 3.8) is 0 Å². The molecule has 1 N–H and O–H groups in total. The van der Waals surface area contributed by atoms with Crippen molar-refractivity contribution in [2.45, 2.75) is 25.0 Å². The number of likely N-dealkylation sites (N-methyl/N-ethyl adjacent to an activating group) is 1. The van der Waals surface area contributed by atoms with Crippen LogP contribution < -0.4 is 5.32 Å². The molecule has 0 aliphatic carbocycles. The summed E-state index contributed by atoms with van der Waals surface area (Å²) in [5.74, 6) is 0.180. The van der Waals surface area contributed by atoms with Gasteiger partial charge in [0.05, 0.1) is 6.04 Å². The molecule has 2 atom stereocenters. The van der Waals surface area contributed by atoms with E-state index in [4.69, 9.17) is 0 Å². The lowest BCUT2D eigenvalue weighted by molar-refractivity contribution is -0.128. The summed E-state index contributed by atoms with van der Waals surface area (Å²) in [7, 11) is 1.87. The molecule has 1 heterocycles. The molecule has 3 heteroatoms. The van der Waals surface area contributed by atoms with E-state index in [9.17, 15) is 4.79 Å². The summed E-state index contributed by atoms with van der Waals surface area (Å²) in [5, 5.41) is 3.45. The predicted molar refractivity (Wildman–Crippen MR) is 83.6 cm³/mol. The van der Waals surface area contributed by atoms with Crippen molar-refractivity contribution in [1.82, 2.24) is 10.2 Å². The molecule has 1 fully saturated rings. The van der Waals surface area contributed by atoms with E-state index >= 15 is 0 Å². The van der Waals surface area contributed by atoms with E-state index in [0.29, 0.717) is 0 Å². The molecule has 108 valence electrons. The van der Waals surface area contributed by atoms with Gasteiger partial charge in [-0.1, -0.05) is 60.7 Å². The first kappa shape index (κ1) is 13.8. The normalized spacial score (nSPS) is 21.8. The van der Waals surface area contributed by atoms with Crippen molar-refractivity contribution in [3.8, 4) is 0 Å². The van der Waals surface area contributed by atoms with Crippen LogP contribution in [0.4, 0.5) is 0 Å². The molecule has 1 saturated heterocycles. The van der Waals surface area contributed by atoms with Gasteiger partial charge in [0.25, 0.3) is 0 Å². The maximum atomic E-state index is 12.4. The number of nitrogens with one attached hydrogen (secondary N) is 1. The molecular formula is C18H20N2O. The SMILES string of the molecule is CN1C(=O)C(CCc2ccccc2)NC1c1ccccc1. The first-order valence-electron chi connectivity index (χ1n) is 7.37. The summed E-state index contributed by atoms with van der Waals surface area (Å²) in [5.41, 5.74) is 2.41. The molecule has 1 amide bonds. The molecule has 2 aromatic rings. The third-order valence-corrected chi connectivity index (χ3v) is 4.07. The topological polar surface area (TPSA) is 32.3 Å². The van der Waals surface area contributed by atoms with E-state index in [1.165, 1.54) is 5.56 Å². The van der Waals surface area contributed by atoms with E-state index in [1.54, 1.807) is 0 Å². The van der Waals surface area contributed by atoms with Gasteiger partial charge in [0, 0.05) is 7.05 Å². The lowest BCUT2D eigenvalue weighted by atomic mass is 10.1. The van der Waals surface area contributed by atoms with Crippen molar-refractivity contribution in [3.05, 3.63) is 71.8 Å². The monoisotopic (exact) mass is 280 g/mol. The van der Waals surface area contributed by atoms with Crippen LogP contribution >= 0.6 is 0 Å². The van der Waals surface area contributed by atoms with E-state index in [1.807, 2.05) is 48.3 Å². The third kappa shape index (κ3) is 2.98. The second-order valence-corrected chi connectivity index (χ2v) is 5.51. The van der Waals surface area contributed by atoms with Gasteiger partial charge in [0.15, 0.2) is 0 Å². The standard InChI is InChI=1S/C18H20N2O/c1-20-17(15-10-6-3-7-11-15)19-16(18(20)21)13-12-14-8-4-2-5-9-14/h2-11,16-17,19H,12-13H2,1H3. The molecular weight excluding hydrogens is 260 g/mol. The fourth-order valence-corrected chi connectivity index (χ4v) is 2.86.